The van der Waals surface area contributed by atoms with Gasteiger partial charge in [-0.25, -0.2) is 0 Å². The van der Waals surface area contributed by atoms with Crippen LogP contribution in [0.2, 0.25) is 0 Å². The summed E-state index contributed by atoms with van der Waals surface area (Å²) in [6, 6.07) is 21.0. The molecule has 0 saturated carbocycles. The Morgan fingerprint density at radius 3 is 2.00 bits per heavy atom. The van der Waals surface area contributed by atoms with Crippen LogP contribution < -0.4 is 4.46 Å². The second kappa shape index (κ2) is 6.95. The Bertz CT molecular complexity index is 672. The molecule has 0 bridgehead atoms. The zero-order chi connectivity index (χ0) is 14.5. The molecule has 0 aromatic heterocycles. The molecule has 0 fully saturated rings. The second-order valence-electron chi connectivity index (χ2n) is 4.75. The average molecular weight is 358 g/mol. The maximum absolute atomic E-state index is 6.73. The van der Waals surface area contributed by atoms with Gasteiger partial charge in [0.1, 0.15) is 0 Å². The molecule has 1 aliphatic carbocycles. The summed E-state index contributed by atoms with van der Waals surface area (Å²) in [5, 5.41) is 0.940. The molecule has 21 heavy (non-hydrogen) atoms. The number of halogens is 1. The molecule has 1 aliphatic rings. The van der Waals surface area contributed by atoms with Crippen molar-refractivity contribution in [2.75, 3.05) is 0 Å². The van der Waals surface area contributed by atoms with Crippen LogP contribution in [0.1, 0.15) is 5.56 Å². The third-order valence-corrected chi connectivity index (χ3v) is 6.40. The first-order chi connectivity index (χ1) is 10.3. The van der Waals surface area contributed by atoms with Crippen molar-refractivity contribution in [3.8, 4) is 0 Å². The van der Waals surface area contributed by atoms with E-state index in [2.05, 4.69) is 78.9 Å². The summed E-state index contributed by atoms with van der Waals surface area (Å²) in [7, 11) is 0. The van der Waals surface area contributed by atoms with Gasteiger partial charge in [0.25, 0.3) is 0 Å². The van der Waals surface area contributed by atoms with E-state index < -0.39 is 0 Å². The van der Waals surface area contributed by atoms with Crippen molar-refractivity contribution in [2.24, 2.45) is 5.92 Å². The average Bonchev–Trinajstić information content (AvgIpc) is 3.08. The molecule has 2 aromatic rings. The van der Waals surface area contributed by atoms with Crippen LogP contribution >= 0.6 is 11.6 Å². The van der Waals surface area contributed by atoms with Gasteiger partial charge in [-0.1, -0.05) is 0 Å². The van der Waals surface area contributed by atoms with E-state index in [0.29, 0.717) is 0 Å². The monoisotopic (exact) mass is 358 g/mol. The maximum atomic E-state index is 6.73. The summed E-state index contributed by atoms with van der Waals surface area (Å²) in [6.45, 7) is 0. The number of rotatable bonds is 4. The minimum atomic E-state index is 0.198. The Balaban J connectivity index is 2.01. The fourth-order valence-corrected chi connectivity index (χ4v) is 4.78. The molecule has 0 unspecified atom stereocenters. The molecule has 0 saturated heterocycles. The Morgan fingerprint density at radius 2 is 1.38 bits per heavy atom. The number of benzene rings is 2. The second-order valence-corrected chi connectivity index (χ2v) is 7.43. The summed E-state index contributed by atoms with van der Waals surface area (Å²) in [6.07, 6.45) is 8.41. The van der Waals surface area contributed by atoms with Crippen LogP contribution in [-0.4, -0.2) is 15.0 Å². The Kier molecular flexibility index (Phi) is 4.77. The van der Waals surface area contributed by atoms with Crippen LogP contribution in [0.4, 0.5) is 0 Å². The topological polar surface area (TPSA) is 0 Å². The molecular formula is C19H15ClSe. The third-order valence-electron chi connectivity index (χ3n) is 3.26. The van der Waals surface area contributed by atoms with Crippen LogP contribution in [0, 0.1) is 5.92 Å². The van der Waals surface area contributed by atoms with Crippen LogP contribution in [-0.2, 0) is 0 Å². The van der Waals surface area contributed by atoms with E-state index in [0.717, 1.165) is 5.03 Å². The van der Waals surface area contributed by atoms with Crippen LogP contribution in [0.5, 0.6) is 0 Å². The Labute approximate surface area is 137 Å². The van der Waals surface area contributed by atoms with Gasteiger partial charge in [0.05, 0.1) is 0 Å². The van der Waals surface area contributed by atoms with Crippen molar-refractivity contribution in [3.63, 3.8) is 0 Å². The normalized spacial score (nSPS) is 15.3. The molecule has 2 heteroatoms. The van der Waals surface area contributed by atoms with Crippen LogP contribution in [0.3, 0.4) is 0 Å². The molecule has 0 heterocycles. The Morgan fingerprint density at radius 1 is 0.810 bits per heavy atom. The molecule has 0 atom stereocenters. The van der Waals surface area contributed by atoms with Gasteiger partial charge in [0.15, 0.2) is 0 Å². The SMILES string of the molecule is Cl/C(=C(/[Se]c1ccccc1)c1ccccc1)C1C=CC=C1. The van der Waals surface area contributed by atoms with Gasteiger partial charge < -0.3 is 0 Å². The fraction of sp³-hybridized carbons (Fsp3) is 0.0526. The van der Waals surface area contributed by atoms with Crippen molar-refractivity contribution in [1.82, 2.24) is 0 Å². The van der Waals surface area contributed by atoms with Crippen molar-refractivity contribution in [1.29, 1.82) is 0 Å². The molecule has 0 nitrogen and oxygen atoms in total. The van der Waals surface area contributed by atoms with Gasteiger partial charge in [-0.15, -0.1) is 0 Å². The summed E-state index contributed by atoms with van der Waals surface area (Å²) in [4.78, 5) is 0. The summed E-state index contributed by atoms with van der Waals surface area (Å²) in [5.74, 6) is 0.215. The van der Waals surface area contributed by atoms with Crippen molar-refractivity contribution in [3.05, 3.63) is 95.6 Å². The van der Waals surface area contributed by atoms with E-state index in [4.69, 9.17) is 11.6 Å². The first-order valence-electron chi connectivity index (χ1n) is 6.87. The predicted molar refractivity (Wildman–Crippen MR) is 92.8 cm³/mol. The van der Waals surface area contributed by atoms with E-state index in [1.807, 2.05) is 6.07 Å². The molecule has 0 amide bonds. The summed E-state index contributed by atoms with van der Waals surface area (Å²) >= 11 is 6.93. The van der Waals surface area contributed by atoms with Gasteiger partial charge in [0, 0.05) is 0 Å². The standard InChI is InChI=1S/C19H15ClSe/c20-18(15-9-7-8-10-15)19(16-11-3-1-4-12-16)21-17-13-5-2-6-14-17/h1-15H/b19-18+. The molecule has 0 spiro atoms. The zero-order valence-corrected chi connectivity index (χ0v) is 13.9. The van der Waals surface area contributed by atoms with Crippen molar-refractivity contribution >= 4 is 35.5 Å². The molecule has 104 valence electrons. The van der Waals surface area contributed by atoms with Gasteiger partial charge in [0.2, 0.25) is 0 Å². The van der Waals surface area contributed by atoms with E-state index in [1.54, 1.807) is 0 Å². The van der Waals surface area contributed by atoms with E-state index in [9.17, 15) is 0 Å². The first kappa shape index (κ1) is 14.4. The van der Waals surface area contributed by atoms with Gasteiger partial charge in [-0.05, 0) is 0 Å². The van der Waals surface area contributed by atoms with Gasteiger partial charge in [-0.2, -0.15) is 0 Å². The van der Waals surface area contributed by atoms with Crippen LogP contribution in [0.25, 0.3) is 4.47 Å². The molecule has 0 N–H and O–H groups in total. The third kappa shape index (κ3) is 3.57. The quantitative estimate of drug-likeness (QED) is 0.713. The number of hydrogen-bond donors (Lipinski definition) is 0. The first-order valence-corrected chi connectivity index (χ1v) is 8.96. The number of allylic oxidation sites excluding steroid dienone is 5. The van der Waals surface area contributed by atoms with Crippen molar-refractivity contribution in [2.45, 2.75) is 0 Å². The van der Waals surface area contributed by atoms with Gasteiger partial charge >= 0.3 is 137 Å². The molecular weight excluding hydrogens is 343 g/mol. The van der Waals surface area contributed by atoms with Crippen molar-refractivity contribution < 1.29 is 0 Å². The van der Waals surface area contributed by atoms with E-state index in [1.165, 1.54) is 14.5 Å². The van der Waals surface area contributed by atoms with E-state index in [-0.39, 0.29) is 20.9 Å². The summed E-state index contributed by atoms with van der Waals surface area (Å²) < 4.78 is 2.60. The predicted octanol–water partition coefficient (Wildman–Crippen LogP) is 4.37. The zero-order valence-electron chi connectivity index (χ0n) is 11.4. The number of hydrogen-bond acceptors (Lipinski definition) is 0. The van der Waals surface area contributed by atoms with E-state index >= 15 is 0 Å². The fourth-order valence-electron chi connectivity index (χ4n) is 2.19. The molecule has 0 radical (unpaired) electrons. The molecule has 2 aromatic carbocycles. The van der Waals surface area contributed by atoms with Crippen LogP contribution in [0.15, 0.2) is 90.0 Å². The summed E-state index contributed by atoms with van der Waals surface area (Å²) in [5.41, 5.74) is 1.22. The Hall–Kier alpha value is -1.53. The molecule has 3 rings (SSSR count). The minimum absolute atomic E-state index is 0.198. The van der Waals surface area contributed by atoms with Gasteiger partial charge in [-0.3, -0.25) is 0 Å². The molecule has 0 aliphatic heterocycles.